The van der Waals surface area contributed by atoms with Gasteiger partial charge in [-0.25, -0.2) is 4.79 Å². The van der Waals surface area contributed by atoms with Crippen molar-refractivity contribution in [3.8, 4) is 16.9 Å². The van der Waals surface area contributed by atoms with Crippen LogP contribution in [0.5, 0.6) is 5.75 Å². The van der Waals surface area contributed by atoms with Gasteiger partial charge in [0.15, 0.2) is 0 Å². The van der Waals surface area contributed by atoms with E-state index in [4.69, 9.17) is 14.2 Å². The molecule has 266 valence electrons. The molecule has 0 spiro atoms. The van der Waals surface area contributed by atoms with Crippen molar-refractivity contribution in [1.82, 2.24) is 10.2 Å². The topological polar surface area (TPSA) is 97.3 Å². The Bertz CT molecular complexity index is 1460. The molecule has 0 saturated carbocycles. The number of thioether (sulfide) groups is 1. The standard InChI is InChI=1S/C26H34N2O4S.C7H8O.C7H12O/c1-18-7-4-5-9-21(18)23-15-19(16-28-13-6-8-20(28)17-32-2)10-11-22(23)25(29)27-24(26(30)31)12-14-33-3;1-8-7-5-3-2-4-6-7;1-4-6-7(3)8-5-2/h4-5,7,9-11,15,20,24H,6,8,12-14,16-17H2,1-3H3,(H,27,29)(H,30,31);2-6H,1H3;4,6H,1,5H2,2-3H3/b;;7-6+. The smallest absolute Gasteiger partial charge is 0.326 e. The minimum absolute atomic E-state index is 0.355. The number of aryl methyl sites for hydroxylation is 1. The van der Waals surface area contributed by atoms with Gasteiger partial charge in [-0.2, -0.15) is 11.8 Å². The van der Waals surface area contributed by atoms with Gasteiger partial charge in [0, 0.05) is 25.3 Å². The number of benzene rings is 3. The lowest BCUT2D eigenvalue weighted by molar-refractivity contribution is -0.139. The molecular formula is C40H54N2O6S. The first-order valence-electron chi connectivity index (χ1n) is 16.6. The minimum atomic E-state index is -1.01. The number of carbonyl (C=O) groups is 2. The molecule has 1 aliphatic heterocycles. The van der Waals surface area contributed by atoms with Gasteiger partial charge < -0.3 is 24.6 Å². The van der Waals surface area contributed by atoms with E-state index in [9.17, 15) is 14.7 Å². The molecule has 9 heteroatoms. The third-order valence-electron chi connectivity index (χ3n) is 7.93. The summed E-state index contributed by atoms with van der Waals surface area (Å²) in [4.78, 5) is 27.3. The predicted molar refractivity (Wildman–Crippen MR) is 202 cm³/mol. The molecule has 2 atom stereocenters. The zero-order valence-corrected chi connectivity index (χ0v) is 30.8. The third kappa shape index (κ3) is 14.5. The number of ether oxygens (including phenoxy) is 3. The number of carboxylic acid groups (broad SMARTS) is 1. The van der Waals surface area contributed by atoms with Crippen LogP contribution in [0.3, 0.4) is 0 Å². The van der Waals surface area contributed by atoms with E-state index in [-0.39, 0.29) is 5.91 Å². The van der Waals surface area contributed by atoms with Gasteiger partial charge in [0.1, 0.15) is 11.8 Å². The van der Waals surface area contributed by atoms with Crippen LogP contribution in [0.2, 0.25) is 0 Å². The van der Waals surface area contributed by atoms with Crippen LogP contribution < -0.4 is 10.1 Å². The van der Waals surface area contributed by atoms with Crippen molar-refractivity contribution < 1.29 is 28.9 Å². The molecule has 49 heavy (non-hydrogen) atoms. The summed E-state index contributed by atoms with van der Waals surface area (Å²) in [5, 5.41) is 12.3. The highest BCUT2D eigenvalue weighted by Gasteiger charge is 2.26. The van der Waals surface area contributed by atoms with Crippen molar-refractivity contribution in [3.63, 3.8) is 0 Å². The van der Waals surface area contributed by atoms with Crippen LogP contribution in [-0.4, -0.2) is 80.0 Å². The summed E-state index contributed by atoms with van der Waals surface area (Å²) in [7, 11) is 3.40. The maximum atomic E-state index is 13.2. The van der Waals surface area contributed by atoms with Gasteiger partial charge >= 0.3 is 5.97 Å². The van der Waals surface area contributed by atoms with Crippen LogP contribution in [-0.2, 0) is 20.8 Å². The lowest BCUT2D eigenvalue weighted by Crippen LogP contribution is -2.41. The second kappa shape index (κ2) is 23.3. The fourth-order valence-corrected chi connectivity index (χ4v) is 5.90. The zero-order valence-electron chi connectivity index (χ0n) is 29.9. The lowest BCUT2D eigenvalue weighted by Gasteiger charge is -2.24. The van der Waals surface area contributed by atoms with Crippen LogP contribution in [0.25, 0.3) is 11.1 Å². The number of likely N-dealkylation sites (tertiary alicyclic amines) is 1. The summed E-state index contributed by atoms with van der Waals surface area (Å²) >= 11 is 1.56. The SMILES string of the molecule is C=C/C=C(\C)OCC.COCC1CCCN1Cc1ccc(C(=O)NC(CCSC)C(=O)O)c(-c2ccccc2C)c1.COc1ccccc1. The average molecular weight is 691 g/mol. The van der Waals surface area contributed by atoms with Crippen LogP contribution in [0.1, 0.15) is 54.6 Å². The Kier molecular flexibility index (Phi) is 19.6. The van der Waals surface area contributed by atoms with Crippen LogP contribution in [0, 0.1) is 6.92 Å². The van der Waals surface area contributed by atoms with E-state index in [0.717, 1.165) is 72.9 Å². The Morgan fingerprint density at radius 3 is 2.39 bits per heavy atom. The van der Waals surface area contributed by atoms with E-state index >= 15 is 0 Å². The average Bonchev–Trinajstić information content (AvgIpc) is 3.54. The van der Waals surface area contributed by atoms with E-state index < -0.39 is 12.0 Å². The number of carboxylic acids is 1. The Morgan fingerprint density at radius 1 is 1.08 bits per heavy atom. The fraction of sp³-hybridized carbons (Fsp3) is 0.400. The quantitative estimate of drug-likeness (QED) is 0.122. The molecule has 3 aromatic carbocycles. The van der Waals surface area contributed by atoms with Gasteiger partial charge in [-0.05, 0) is 111 Å². The predicted octanol–water partition coefficient (Wildman–Crippen LogP) is 8.02. The second-order valence-corrected chi connectivity index (χ2v) is 12.5. The monoisotopic (exact) mass is 690 g/mol. The van der Waals surface area contributed by atoms with Gasteiger partial charge in [0.05, 0.1) is 26.1 Å². The highest BCUT2D eigenvalue weighted by molar-refractivity contribution is 7.98. The molecule has 0 aromatic heterocycles. The molecular weight excluding hydrogens is 637 g/mol. The number of hydrogen-bond acceptors (Lipinski definition) is 7. The van der Waals surface area contributed by atoms with Crippen molar-refractivity contribution in [2.24, 2.45) is 0 Å². The van der Waals surface area contributed by atoms with Crippen molar-refractivity contribution in [1.29, 1.82) is 0 Å². The van der Waals surface area contributed by atoms with E-state index in [0.29, 0.717) is 23.8 Å². The Labute approximate surface area is 297 Å². The summed E-state index contributed by atoms with van der Waals surface area (Å²) < 4.78 is 15.4. The molecule has 1 saturated heterocycles. The Morgan fingerprint density at radius 2 is 1.80 bits per heavy atom. The third-order valence-corrected chi connectivity index (χ3v) is 8.57. The molecule has 1 heterocycles. The molecule has 2 N–H and O–H groups in total. The van der Waals surface area contributed by atoms with Crippen molar-refractivity contribution in [2.75, 3.05) is 46.0 Å². The Hall–Kier alpha value is -4.05. The van der Waals surface area contributed by atoms with Crippen molar-refractivity contribution in [3.05, 3.63) is 114 Å². The maximum absolute atomic E-state index is 13.2. The summed E-state index contributed by atoms with van der Waals surface area (Å²) in [6.45, 7) is 12.7. The highest BCUT2D eigenvalue weighted by atomic mass is 32.2. The fourth-order valence-electron chi connectivity index (χ4n) is 5.43. The van der Waals surface area contributed by atoms with Crippen molar-refractivity contribution >= 4 is 23.6 Å². The molecule has 1 fully saturated rings. The Balaban J connectivity index is 0.000000426. The summed E-state index contributed by atoms with van der Waals surface area (Å²) in [6.07, 6.45) is 8.15. The molecule has 0 radical (unpaired) electrons. The van der Waals surface area contributed by atoms with Crippen molar-refractivity contribution in [2.45, 2.75) is 58.7 Å². The first kappa shape index (κ1) is 41.1. The molecule has 0 aliphatic carbocycles. The molecule has 1 amide bonds. The van der Waals surface area contributed by atoms with Crippen LogP contribution >= 0.6 is 11.8 Å². The number of carbonyl (C=O) groups excluding carboxylic acids is 1. The number of methoxy groups -OCH3 is 2. The number of amides is 1. The number of para-hydroxylation sites is 1. The maximum Gasteiger partial charge on any atom is 0.326 e. The van der Waals surface area contributed by atoms with Gasteiger partial charge in [0.25, 0.3) is 5.91 Å². The number of rotatable bonds is 15. The van der Waals surface area contributed by atoms with E-state index in [1.807, 2.05) is 99.8 Å². The zero-order chi connectivity index (χ0) is 36.0. The summed E-state index contributed by atoms with van der Waals surface area (Å²) in [5.41, 5.74) is 4.51. The van der Waals surface area contributed by atoms with E-state index in [1.54, 1.807) is 32.1 Å². The number of aliphatic carboxylic acids is 1. The van der Waals surface area contributed by atoms with Crippen LogP contribution in [0.4, 0.5) is 0 Å². The summed E-state index contributed by atoms with van der Waals surface area (Å²) in [6, 6.07) is 23.1. The first-order valence-corrected chi connectivity index (χ1v) is 18.0. The van der Waals surface area contributed by atoms with E-state index in [1.165, 1.54) is 0 Å². The van der Waals surface area contributed by atoms with Gasteiger partial charge in [-0.3, -0.25) is 9.69 Å². The van der Waals surface area contributed by atoms with Gasteiger partial charge in [-0.15, -0.1) is 0 Å². The van der Waals surface area contributed by atoms with E-state index in [2.05, 4.69) is 22.9 Å². The molecule has 1 aliphatic rings. The first-order chi connectivity index (χ1) is 23.7. The normalized spacial score (nSPS) is 14.7. The minimum Gasteiger partial charge on any atom is -0.499 e. The number of nitrogens with zero attached hydrogens (tertiary/aromatic N) is 1. The van der Waals surface area contributed by atoms with Crippen LogP contribution in [0.15, 0.2) is 97.3 Å². The molecule has 2 unspecified atom stereocenters. The van der Waals surface area contributed by atoms with Gasteiger partial charge in [-0.1, -0.05) is 61.2 Å². The number of allylic oxidation sites excluding steroid dienone is 3. The summed E-state index contributed by atoms with van der Waals surface area (Å²) in [5.74, 6) is 1.13. The highest BCUT2D eigenvalue weighted by Crippen LogP contribution is 2.30. The number of hydrogen-bond donors (Lipinski definition) is 2. The molecule has 0 bridgehead atoms. The lowest BCUT2D eigenvalue weighted by atomic mass is 9.93. The molecule has 4 rings (SSSR count). The molecule has 3 aromatic rings. The largest absolute Gasteiger partial charge is 0.499 e. The number of nitrogens with one attached hydrogen (secondary N) is 1. The van der Waals surface area contributed by atoms with Gasteiger partial charge in [0.2, 0.25) is 0 Å². The second-order valence-electron chi connectivity index (χ2n) is 11.5. The molecule has 8 nitrogen and oxygen atoms in total.